The molecule has 0 saturated heterocycles. The summed E-state index contributed by atoms with van der Waals surface area (Å²) in [7, 11) is 0. The lowest BCUT2D eigenvalue weighted by atomic mass is 10.1. The zero-order valence-corrected chi connectivity index (χ0v) is 13.5. The molecule has 122 valence electrons. The van der Waals surface area contributed by atoms with Crippen LogP contribution in [0.3, 0.4) is 0 Å². The first-order valence-corrected chi connectivity index (χ1v) is 8.02. The van der Waals surface area contributed by atoms with E-state index in [9.17, 15) is 4.79 Å². The Morgan fingerprint density at radius 2 is 1.60 bits per heavy atom. The van der Waals surface area contributed by atoms with E-state index >= 15 is 0 Å². The molecule has 4 aromatic rings. The predicted octanol–water partition coefficient (Wildman–Crippen LogP) is 3.35. The summed E-state index contributed by atoms with van der Waals surface area (Å²) in [5, 5.41) is 11.4. The van der Waals surface area contributed by atoms with Crippen LogP contribution in [0.2, 0.25) is 0 Å². The van der Waals surface area contributed by atoms with E-state index in [-0.39, 0.29) is 5.56 Å². The lowest BCUT2D eigenvalue weighted by molar-refractivity contribution is 0.643. The minimum atomic E-state index is -0.110. The molecule has 2 aromatic heterocycles. The highest BCUT2D eigenvalue weighted by atomic mass is 16.1. The maximum absolute atomic E-state index is 12.1. The molecule has 0 aliphatic heterocycles. The van der Waals surface area contributed by atoms with E-state index in [4.69, 9.17) is 0 Å². The molecule has 4 rings (SSSR count). The highest BCUT2D eigenvalue weighted by Gasteiger charge is 2.05. The Kier molecular flexibility index (Phi) is 3.96. The third-order valence-electron chi connectivity index (χ3n) is 4.03. The van der Waals surface area contributed by atoms with Crippen LogP contribution in [0.5, 0.6) is 0 Å². The number of aromatic amines is 1. The molecule has 0 unspecified atom stereocenters. The molecule has 0 aliphatic rings. The van der Waals surface area contributed by atoms with Crippen molar-refractivity contribution in [2.24, 2.45) is 0 Å². The van der Waals surface area contributed by atoms with Gasteiger partial charge in [-0.05, 0) is 23.3 Å². The SMILES string of the molecule is O=c1ccc(-c2ccc(-c3ccn[nH]3)cc2)nn1Cc1ccccc1. The first kappa shape index (κ1) is 15.1. The fraction of sp³-hybridized carbons (Fsp3) is 0.0500. The van der Waals surface area contributed by atoms with Gasteiger partial charge in [-0.15, -0.1) is 0 Å². The van der Waals surface area contributed by atoms with Crippen LogP contribution in [0.1, 0.15) is 5.56 Å². The van der Waals surface area contributed by atoms with E-state index < -0.39 is 0 Å². The van der Waals surface area contributed by atoms with Gasteiger partial charge in [0, 0.05) is 17.8 Å². The fourth-order valence-electron chi connectivity index (χ4n) is 2.71. The summed E-state index contributed by atoms with van der Waals surface area (Å²) < 4.78 is 1.49. The zero-order valence-electron chi connectivity index (χ0n) is 13.5. The molecule has 25 heavy (non-hydrogen) atoms. The van der Waals surface area contributed by atoms with Crippen molar-refractivity contribution >= 4 is 0 Å². The standard InChI is InChI=1S/C20H16N4O/c25-20-11-10-19(23-24(20)14-15-4-2-1-3-5-15)17-8-6-16(7-9-17)18-12-13-21-22-18/h1-13H,14H2,(H,21,22). The molecule has 0 bridgehead atoms. The zero-order chi connectivity index (χ0) is 17.1. The molecule has 0 amide bonds. The topological polar surface area (TPSA) is 63.6 Å². The third-order valence-corrected chi connectivity index (χ3v) is 4.03. The van der Waals surface area contributed by atoms with Crippen LogP contribution >= 0.6 is 0 Å². The molecule has 2 heterocycles. The molecule has 0 radical (unpaired) electrons. The molecule has 0 spiro atoms. The molecule has 0 saturated carbocycles. The van der Waals surface area contributed by atoms with E-state index in [1.54, 1.807) is 18.3 Å². The second-order valence-electron chi connectivity index (χ2n) is 5.75. The molecule has 0 aliphatic carbocycles. The van der Waals surface area contributed by atoms with Crippen LogP contribution in [-0.2, 0) is 6.54 Å². The smallest absolute Gasteiger partial charge is 0.267 e. The molecule has 0 fully saturated rings. The maximum Gasteiger partial charge on any atom is 0.267 e. The summed E-state index contributed by atoms with van der Waals surface area (Å²) in [6, 6.07) is 23.1. The fourth-order valence-corrected chi connectivity index (χ4v) is 2.71. The highest BCUT2D eigenvalue weighted by molar-refractivity contribution is 5.66. The van der Waals surface area contributed by atoms with E-state index in [2.05, 4.69) is 15.3 Å². The Balaban J connectivity index is 1.64. The molecular formula is C20H16N4O. The maximum atomic E-state index is 12.1. The largest absolute Gasteiger partial charge is 0.278 e. The van der Waals surface area contributed by atoms with Crippen molar-refractivity contribution in [1.82, 2.24) is 20.0 Å². The summed E-state index contributed by atoms with van der Waals surface area (Å²) in [6.45, 7) is 0.458. The van der Waals surface area contributed by atoms with Crippen molar-refractivity contribution < 1.29 is 0 Å². The van der Waals surface area contributed by atoms with Crippen LogP contribution < -0.4 is 5.56 Å². The minimum Gasteiger partial charge on any atom is -0.278 e. The van der Waals surface area contributed by atoms with E-state index in [0.29, 0.717) is 6.54 Å². The first-order chi connectivity index (χ1) is 12.3. The number of hydrogen-bond donors (Lipinski definition) is 1. The van der Waals surface area contributed by atoms with Gasteiger partial charge in [0.05, 0.1) is 17.9 Å². The van der Waals surface area contributed by atoms with Crippen LogP contribution in [0.15, 0.2) is 83.8 Å². The first-order valence-electron chi connectivity index (χ1n) is 8.02. The average molecular weight is 328 g/mol. The quantitative estimate of drug-likeness (QED) is 0.625. The van der Waals surface area contributed by atoms with E-state index in [1.807, 2.05) is 60.7 Å². The second kappa shape index (κ2) is 6.57. The number of aromatic nitrogens is 4. The highest BCUT2D eigenvalue weighted by Crippen LogP contribution is 2.21. The molecule has 1 N–H and O–H groups in total. The van der Waals surface area contributed by atoms with Crippen LogP contribution in [0.25, 0.3) is 22.5 Å². The Labute approximate surface area is 144 Å². The summed E-state index contributed by atoms with van der Waals surface area (Å²) in [4.78, 5) is 12.1. The summed E-state index contributed by atoms with van der Waals surface area (Å²) in [6.07, 6.45) is 1.73. The van der Waals surface area contributed by atoms with Crippen LogP contribution in [-0.4, -0.2) is 20.0 Å². The Hall–Kier alpha value is -3.47. The molecule has 2 aromatic carbocycles. The lowest BCUT2D eigenvalue weighted by Gasteiger charge is -2.08. The van der Waals surface area contributed by atoms with Crippen molar-refractivity contribution in [1.29, 1.82) is 0 Å². The van der Waals surface area contributed by atoms with Crippen molar-refractivity contribution in [3.05, 3.63) is 94.9 Å². The normalized spacial score (nSPS) is 10.7. The van der Waals surface area contributed by atoms with Crippen molar-refractivity contribution in [3.63, 3.8) is 0 Å². The van der Waals surface area contributed by atoms with Gasteiger partial charge in [0.2, 0.25) is 0 Å². The number of nitrogens with zero attached hydrogens (tertiary/aromatic N) is 3. The minimum absolute atomic E-state index is 0.110. The number of benzene rings is 2. The molecular weight excluding hydrogens is 312 g/mol. The van der Waals surface area contributed by atoms with Gasteiger partial charge in [0.1, 0.15) is 0 Å². The molecule has 0 atom stereocenters. The average Bonchev–Trinajstić information content (AvgIpc) is 3.19. The van der Waals surface area contributed by atoms with Crippen molar-refractivity contribution in [2.45, 2.75) is 6.54 Å². The Morgan fingerprint density at radius 1 is 0.840 bits per heavy atom. The van der Waals surface area contributed by atoms with Gasteiger partial charge in [-0.25, -0.2) is 4.68 Å². The predicted molar refractivity (Wildman–Crippen MR) is 97.1 cm³/mol. The van der Waals surface area contributed by atoms with Gasteiger partial charge in [0.15, 0.2) is 0 Å². The number of H-pyrrole nitrogens is 1. The summed E-state index contributed by atoms with van der Waals surface area (Å²) in [5.74, 6) is 0. The van der Waals surface area contributed by atoms with Gasteiger partial charge in [-0.1, -0.05) is 54.6 Å². The van der Waals surface area contributed by atoms with Gasteiger partial charge < -0.3 is 0 Å². The lowest BCUT2D eigenvalue weighted by Crippen LogP contribution is -2.22. The van der Waals surface area contributed by atoms with E-state index in [0.717, 1.165) is 28.1 Å². The van der Waals surface area contributed by atoms with Crippen LogP contribution in [0.4, 0.5) is 0 Å². The monoisotopic (exact) mass is 328 g/mol. The van der Waals surface area contributed by atoms with Crippen LogP contribution in [0, 0.1) is 0 Å². The third kappa shape index (κ3) is 3.26. The number of hydrogen-bond acceptors (Lipinski definition) is 3. The van der Waals surface area contributed by atoms with Gasteiger partial charge >= 0.3 is 0 Å². The second-order valence-corrected chi connectivity index (χ2v) is 5.75. The molecule has 5 heteroatoms. The van der Waals surface area contributed by atoms with E-state index in [1.165, 1.54) is 4.68 Å². The van der Waals surface area contributed by atoms with Gasteiger partial charge in [-0.3, -0.25) is 9.89 Å². The van der Waals surface area contributed by atoms with Crippen molar-refractivity contribution in [2.75, 3.05) is 0 Å². The summed E-state index contributed by atoms with van der Waals surface area (Å²) in [5.41, 5.74) is 4.69. The van der Waals surface area contributed by atoms with Crippen molar-refractivity contribution in [3.8, 4) is 22.5 Å². The Bertz CT molecular complexity index is 1020. The summed E-state index contributed by atoms with van der Waals surface area (Å²) >= 11 is 0. The number of nitrogens with one attached hydrogen (secondary N) is 1. The Morgan fingerprint density at radius 3 is 2.32 bits per heavy atom. The number of rotatable bonds is 4. The van der Waals surface area contributed by atoms with Gasteiger partial charge in [0.25, 0.3) is 5.56 Å². The molecule has 5 nitrogen and oxygen atoms in total. The van der Waals surface area contributed by atoms with Gasteiger partial charge in [-0.2, -0.15) is 10.2 Å².